The van der Waals surface area contributed by atoms with E-state index in [-0.39, 0.29) is 18.2 Å². The van der Waals surface area contributed by atoms with Crippen molar-refractivity contribution >= 4 is 39.4 Å². The maximum atomic E-state index is 14.9. The van der Waals surface area contributed by atoms with E-state index in [1.807, 2.05) is 22.8 Å². The molecule has 1 aliphatic heterocycles. The lowest BCUT2D eigenvalue weighted by atomic mass is 10.00. The number of esters is 1. The molecule has 0 saturated heterocycles. The number of hydrogen-bond acceptors (Lipinski definition) is 6. The molecule has 0 amide bonds. The number of fused-ring (bicyclic) bond motifs is 3. The van der Waals surface area contributed by atoms with Gasteiger partial charge in [-0.25, -0.2) is 4.39 Å². The minimum Gasteiger partial charge on any atom is -0.469 e. The second-order valence-corrected chi connectivity index (χ2v) is 10.1. The van der Waals surface area contributed by atoms with E-state index in [0.717, 1.165) is 32.6 Å². The van der Waals surface area contributed by atoms with Crippen LogP contribution in [0.25, 0.3) is 5.69 Å². The van der Waals surface area contributed by atoms with E-state index in [2.05, 4.69) is 26.1 Å². The summed E-state index contributed by atoms with van der Waals surface area (Å²) in [6, 6.07) is 12.0. The number of aromatic nitrogens is 3. The Hall–Kier alpha value is -2.52. The van der Waals surface area contributed by atoms with Gasteiger partial charge in [0.2, 0.25) is 0 Å². The highest BCUT2D eigenvalue weighted by atomic mass is 79.9. The molecule has 3 aromatic rings. The second-order valence-electron chi connectivity index (χ2n) is 8.18. The minimum atomic E-state index is -0.479. The molecular weight excluding hydrogens is 507 g/mol. The highest BCUT2D eigenvalue weighted by Crippen LogP contribution is 2.39. The number of carbonyl (C=O) groups excluding carboxylic acids is 1. The molecular formula is C24H22BrFN4O2S. The van der Waals surface area contributed by atoms with E-state index in [4.69, 9.17) is 9.73 Å². The summed E-state index contributed by atoms with van der Waals surface area (Å²) in [5.41, 5.74) is 2.57. The molecule has 6 nitrogen and oxygen atoms in total. The summed E-state index contributed by atoms with van der Waals surface area (Å²) in [6.45, 7) is 0. The van der Waals surface area contributed by atoms with Crippen LogP contribution < -0.4 is 0 Å². The Balaban J connectivity index is 1.68. The van der Waals surface area contributed by atoms with Crippen molar-refractivity contribution in [3.8, 4) is 5.69 Å². The number of hydrogen-bond donors (Lipinski definition) is 0. The highest BCUT2D eigenvalue weighted by molar-refractivity contribution is 9.10. The van der Waals surface area contributed by atoms with E-state index in [0.29, 0.717) is 23.5 Å². The van der Waals surface area contributed by atoms with Crippen LogP contribution in [0.3, 0.4) is 0 Å². The smallest absolute Gasteiger partial charge is 0.305 e. The number of ether oxygens (including phenoxy) is 1. The third-order valence-corrected chi connectivity index (χ3v) is 7.47. The van der Waals surface area contributed by atoms with E-state index in [9.17, 15) is 9.18 Å². The van der Waals surface area contributed by atoms with Crippen molar-refractivity contribution in [2.45, 2.75) is 36.9 Å². The first kappa shape index (κ1) is 22.3. The molecule has 2 aromatic carbocycles. The van der Waals surface area contributed by atoms with Crippen molar-refractivity contribution in [1.29, 1.82) is 0 Å². The summed E-state index contributed by atoms with van der Waals surface area (Å²) in [5, 5.41) is 9.76. The number of aliphatic imine (C=N–C) groups is 1. The van der Waals surface area contributed by atoms with Crippen LogP contribution in [0, 0.1) is 11.7 Å². The number of methoxy groups -OCH3 is 1. The number of halogens is 2. The van der Waals surface area contributed by atoms with Crippen LogP contribution in [-0.4, -0.2) is 39.3 Å². The molecule has 1 aliphatic carbocycles. The third-order valence-electron chi connectivity index (χ3n) is 5.82. The Morgan fingerprint density at radius 1 is 1.21 bits per heavy atom. The van der Waals surface area contributed by atoms with Gasteiger partial charge in [0.05, 0.1) is 18.5 Å². The van der Waals surface area contributed by atoms with Gasteiger partial charge in [-0.2, -0.15) is 0 Å². The Morgan fingerprint density at radius 3 is 2.79 bits per heavy atom. The molecule has 1 fully saturated rings. The standard InChI is InChI=1S/C24H22BrFN4O2S/c1-32-21(31)11-9-19-23-28-29-24(33-13-14-6-7-14)30(23)20-10-8-15(25)12-17(20)22(27-19)16-4-2-3-5-18(16)26/h2-5,8,10,12,14,19H,6-7,9,11,13H2,1H3/t19-/m0/s1. The van der Waals surface area contributed by atoms with E-state index >= 15 is 0 Å². The lowest BCUT2D eigenvalue weighted by Crippen LogP contribution is -2.10. The molecule has 5 rings (SSSR count). The van der Waals surface area contributed by atoms with E-state index < -0.39 is 6.04 Å². The molecule has 9 heteroatoms. The summed E-state index contributed by atoms with van der Waals surface area (Å²) in [7, 11) is 1.37. The van der Waals surface area contributed by atoms with E-state index in [1.165, 1.54) is 26.0 Å². The normalized spacial score (nSPS) is 17.1. The average molecular weight is 529 g/mol. The summed E-state index contributed by atoms with van der Waals surface area (Å²) in [4.78, 5) is 16.9. The van der Waals surface area contributed by atoms with Crippen LogP contribution in [0.4, 0.5) is 4.39 Å². The molecule has 0 spiro atoms. The zero-order valence-electron chi connectivity index (χ0n) is 18.0. The van der Waals surface area contributed by atoms with Gasteiger partial charge in [0.25, 0.3) is 0 Å². The number of benzene rings is 2. The monoisotopic (exact) mass is 528 g/mol. The first-order chi connectivity index (χ1) is 16.0. The van der Waals surface area contributed by atoms with Crippen LogP contribution in [-0.2, 0) is 9.53 Å². The topological polar surface area (TPSA) is 69.4 Å². The minimum absolute atomic E-state index is 0.173. The highest BCUT2D eigenvalue weighted by Gasteiger charge is 2.31. The lowest BCUT2D eigenvalue weighted by Gasteiger charge is -2.14. The fourth-order valence-electron chi connectivity index (χ4n) is 3.89. The lowest BCUT2D eigenvalue weighted by molar-refractivity contribution is -0.140. The predicted octanol–water partition coefficient (Wildman–Crippen LogP) is 5.52. The zero-order chi connectivity index (χ0) is 22.9. The molecule has 1 aromatic heterocycles. The molecule has 170 valence electrons. The summed E-state index contributed by atoms with van der Waals surface area (Å²) >= 11 is 5.24. The van der Waals surface area contributed by atoms with Crippen molar-refractivity contribution in [1.82, 2.24) is 14.8 Å². The molecule has 0 radical (unpaired) electrons. The van der Waals surface area contributed by atoms with Crippen LogP contribution in [0.2, 0.25) is 0 Å². The number of carbonyl (C=O) groups is 1. The molecule has 1 atom stereocenters. The van der Waals surface area contributed by atoms with Gasteiger partial charge in [-0.15, -0.1) is 10.2 Å². The fourth-order valence-corrected chi connectivity index (χ4v) is 5.39. The van der Waals surface area contributed by atoms with Gasteiger partial charge in [-0.3, -0.25) is 14.4 Å². The maximum Gasteiger partial charge on any atom is 0.305 e. The quantitative estimate of drug-likeness (QED) is 0.298. The largest absolute Gasteiger partial charge is 0.469 e. The second kappa shape index (κ2) is 9.38. The van der Waals surface area contributed by atoms with Crippen molar-refractivity contribution < 1.29 is 13.9 Å². The first-order valence-corrected chi connectivity index (χ1v) is 12.6. The van der Waals surface area contributed by atoms with Gasteiger partial charge >= 0.3 is 5.97 Å². The molecule has 0 unspecified atom stereocenters. The Morgan fingerprint density at radius 2 is 2.03 bits per heavy atom. The Kier molecular flexibility index (Phi) is 6.34. The molecule has 2 aliphatic rings. The molecule has 33 heavy (non-hydrogen) atoms. The zero-order valence-corrected chi connectivity index (χ0v) is 20.4. The van der Waals surface area contributed by atoms with Gasteiger partial charge < -0.3 is 4.74 Å². The summed E-state index contributed by atoms with van der Waals surface area (Å²) < 4.78 is 22.7. The third kappa shape index (κ3) is 4.61. The van der Waals surface area contributed by atoms with Crippen LogP contribution >= 0.6 is 27.7 Å². The number of rotatable bonds is 7. The molecule has 2 heterocycles. The maximum absolute atomic E-state index is 14.9. The van der Waals surface area contributed by atoms with Crippen molar-refractivity contribution in [2.75, 3.05) is 12.9 Å². The van der Waals surface area contributed by atoms with Gasteiger partial charge in [-0.05, 0) is 55.5 Å². The average Bonchev–Trinajstić information content (AvgIpc) is 3.58. The van der Waals surface area contributed by atoms with E-state index in [1.54, 1.807) is 30.0 Å². The van der Waals surface area contributed by atoms with Gasteiger partial charge in [0.1, 0.15) is 11.9 Å². The van der Waals surface area contributed by atoms with Gasteiger partial charge in [-0.1, -0.05) is 39.8 Å². The predicted molar refractivity (Wildman–Crippen MR) is 129 cm³/mol. The van der Waals surface area contributed by atoms with Crippen molar-refractivity contribution in [3.05, 3.63) is 69.7 Å². The van der Waals surface area contributed by atoms with Crippen molar-refractivity contribution in [3.63, 3.8) is 0 Å². The number of thioether (sulfide) groups is 1. The van der Waals surface area contributed by atoms with Crippen LogP contribution in [0.5, 0.6) is 0 Å². The Bertz CT molecular complexity index is 1240. The molecule has 0 N–H and O–H groups in total. The van der Waals surface area contributed by atoms with Crippen LogP contribution in [0.1, 0.15) is 48.7 Å². The molecule has 0 bridgehead atoms. The van der Waals surface area contributed by atoms with Crippen LogP contribution in [0.15, 0.2) is 57.1 Å². The van der Waals surface area contributed by atoms with Crippen molar-refractivity contribution in [2.24, 2.45) is 10.9 Å². The van der Waals surface area contributed by atoms with Gasteiger partial charge in [0, 0.05) is 27.8 Å². The summed E-state index contributed by atoms with van der Waals surface area (Å²) in [5.74, 6) is 1.68. The first-order valence-electron chi connectivity index (χ1n) is 10.8. The van der Waals surface area contributed by atoms with Gasteiger partial charge in [0.15, 0.2) is 11.0 Å². The number of nitrogens with zero attached hydrogens (tertiary/aromatic N) is 4. The Labute approximate surface area is 203 Å². The summed E-state index contributed by atoms with van der Waals surface area (Å²) in [6.07, 6.45) is 3.05. The molecule has 1 saturated carbocycles. The SMILES string of the molecule is COC(=O)CC[C@@H]1N=C(c2ccccc2F)c2cc(Br)ccc2-n2c(SCC3CC3)nnc21. The fraction of sp³-hybridized carbons (Fsp3) is 0.333.